The number of rotatable bonds is 5. The van der Waals surface area contributed by atoms with Gasteiger partial charge in [0.05, 0.1) is 18.8 Å². The van der Waals surface area contributed by atoms with Crippen LogP contribution in [-0.4, -0.2) is 23.7 Å². The van der Waals surface area contributed by atoms with Gasteiger partial charge in [-0.25, -0.2) is 4.98 Å². The lowest BCUT2D eigenvalue weighted by Gasteiger charge is -2.21. The molecule has 0 radical (unpaired) electrons. The van der Waals surface area contributed by atoms with E-state index < -0.39 is 0 Å². The first-order valence-electron chi connectivity index (χ1n) is 6.69. The first kappa shape index (κ1) is 11.2. The second-order valence-corrected chi connectivity index (χ2v) is 5.07. The fraction of sp³-hybridized carbons (Fsp3) is 0.769. The van der Waals surface area contributed by atoms with E-state index in [4.69, 9.17) is 9.15 Å². The summed E-state index contributed by atoms with van der Waals surface area (Å²) in [6, 6.07) is 0.701. The van der Waals surface area contributed by atoms with Crippen molar-refractivity contribution in [3.63, 3.8) is 0 Å². The summed E-state index contributed by atoms with van der Waals surface area (Å²) in [5.74, 6) is 1.77. The summed E-state index contributed by atoms with van der Waals surface area (Å²) in [6.07, 6.45) is 9.26. The van der Waals surface area contributed by atoms with E-state index >= 15 is 0 Å². The quantitative estimate of drug-likeness (QED) is 0.850. The van der Waals surface area contributed by atoms with Crippen molar-refractivity contribution in [3.8, 4) is 0 Å². The zero-order chi connectivity index (χ0) is 11.5. The van der Waals surface area contributed by atoms with Crippen LogP contribution in [0.15, 0.2) is 10.6 Å². The van der Waals surface area contributed by atoms with Crippen LogP contribution in [0.3, 0.4) is 0 Å². The Morgan fingerprint density at radius 3 is 3.00 bits per heavy atom. The van der Waals surface area contributed by atoms with Crippen LogP contribution >= 0.6 is 0 Å². The average molecular weight is 236 g/mol. The van der Waals surface area contributed by atoms with E-state index in [0.29, 0.717) is 12.1 Å². The van der Waals surface area contributed by atoms with Gasteiger partial charge >= 0.3 is 0 Å². The van der Waals surface area contributed by atoms with E-state index in [1.165, 1.54) is 25.7 Å². The molecule has 1 aliphatic heterocycles. The fourth-order valence-electron chi connectivity index (χ4n) is 2.24. The number of nitrogens with zero attached hydrogens (tertiary/aromatic N) is 1. The lowest BCUT2D eigenvalue weighted by atomic mass is 10.1. The predicted octanol–water partition coefficient (Wildman–Crippen LogP) is 2.04. The maximum Gasteiger partial charge on any atom is 0.208 e. The molecule has 4 heteroatoms. The maximum atomic E-state index is 5.71. The summed E-state index contributed by atoms with van der Waals surface area (Å²) in [5, 5.41) is 3.40. The number of aromatic nitrogens is 1. The molecule has 2 fully saturated rings. The van der Waals surface area contributed by atoms with Crippen molar-refractivity contribution < 1.29 is 9.15 Å². The minimum absolute atomic E-state index is 0.334. The third-order valence-corrected chi connectivity index (χ3v) is 3.42. The summed E-state index contributed by atoms with van der Waals surface area (Å²) in [4.78, 5) is 4.30. The van der Waals surface area contributed by atoms with Crippen molar-refractivity contribution in [2.75, 3.05) is 6.61 Å². The minimum atomic E-state index is 0.334. The predicted molar refractivity (Wildman–Crippen MR) is 63.7 cm³/mol. The van der Waals surface area contributed by atoms with Crippen LogP contribution in [0.25, 0.3) is 0 Å². The second kappa shape index (κ2) is 5.19. The van der Waals surface area contributed by atoms with E-state index in [1.54, 1.807) is 0 Å². The van der Waals surface area contributed by atoms with Crippen LogP contribution in [-0.2, 0) is 17.7 Å². The van der Waals surface area contributed by atoms with Gasteiger partial charge in [0.1, 0.15) is 5.76 Å². The van der Waals surface area contributed by atoms with Gasteiger partial charge in [-0.05, 0) is 32.1 Å². The molecule has 17 heavy (non-hydrogen) atoms. The van der Waals surface area contributed by atoms with Gasteiger partial charge in [-0.15, -0.1) is 0 Å². The molecule has 2 aliphatic rings. The third kappa shape index (κ3) is 3.30. The molecule has 94 valence electrons. The Balaban J connectivity index is 1.48. The summed E-state index contributed by atoms with van der Waals surface area (Å²) in [7, 11) is 0. The van der Waals surface area contributed by atoms with Gasteiger partial charge < -0.3 is 14.5 Å². The number of nitrogens with one attached hydrogen (secondary N) is 1. The standard InChI is InChI=1S/C13H20N2O2/c1-2-6-16-11(3-1)7-12-8-15-13(17-12)9-14-10-4-5-10/h8,10-11,14H,1-7,9H2. The van der Waals surface area contributed by atoms with E-state index in [1.807, 2.05) is 6.20 Å². The van der Waals surface area contributed by atoms with E-state index in [9.17, 15) is 0 Å². The first-order chi connectivity index (χ1) is 8.40. The van der Waals surface area contributed by atoms with Gasteiger partial charge in [-0.3, -0.25) is 0 Å². The lowest BCUT2D eigenvalue weighted by Crippen LogP contribution is -2.21. The van der Waals surface area contributed by atoms with Crippen LogP contribution < -0.4 is 5.32 Å². The Morgan fingerprint density at radius 1 is 1.29 bits per heavy atom. The molecule has 1 saturated carbocycles. The van der Waals surface area contributed by atoms with Crippen molar-refractivity contribution in [1.82, 2.24) is 10.3 Å². The Morgan fingerprint density at radius 2 is 2.24 bits per heavy atom. The summed E-state index contributed by atoms with van der Waals surface area (Å²) >= 11 is 0. The number of hydrogen-bond acceptors (Lipinski definition) is 4. The highest BCUT2D eigenvalue weighted by Gasteiger charge is 2.21. The van der Waals surface area contributed by atoms with Gasteiger partial charge in [0.15, 0.2) is 0 Å². The van der Waals surface area contributed by atoms with Gasteiger partial charge in [0.25, 0.3) is 0 Å². The third-order valence-electron chi connectivity index (χ3n) is 3.42. The van der Waals surface area contributed by atoms with E-state index in [-0.39, 0.29) is 0 Å². The van der Waals surface area contributed by atoms with Crippen molar-refractivity contribution in [2.24, 2.45) is 0 Å². The largest absolute Gasteiger partial charge is 0.444 e. The number of hydrogen-bond donors (Lipinski definition) is 1. The molecule has 0 bridgehead atoms. The van der Waals surface area contributed by atoms with Crippen LogP contribution in [0.5, 0.6) is 0 Å². The average Bonchev–Trinajstić information content (AvgIpc) is 3.09. The molecule has 0 amide bonds. The Kier molecular flexibility index (Phi) is 3.43. The Labute approximate surface area is 102 Å². The molecule has 1 unspecified atom stereocenters. The highest BCUT2D eigenvalue weighted by molar-refractivity contribution is 4.97. The molecule has 1 aliphatic carbocycles. The normalized spacial score (nSPS) is 25.1. The SMILES string of the molecule is c1nc(CNC2CC2)oc1CC1CCCCO1. The molecule has 1 aromatic rings. The van der Waals surface area contributed by atoms with E-state index in [0.717, 1.165) is 37.6 Å². The number of oxazole rings is 1. The maximum absolute atomic E-state index is 5.71. The molecule has 4 nitrogen and oxygen atoms in total. The van der Waals surface area contributed by atoms with Crippen LogP contribution in [0.1, 0.15) is 43.8 Å². The van der Waals surface area contributed by atoms with Crippen molar-refractivity contribution in [1.29, 1.82) is 0 Å². The lowest BCUT2D eigenvalue weighted by molar-refractivity contribution is 0.0138. The topological polar surface area (TPSA) is 47.3 Å². The molecular formula is C13H20N2O2. The Hall–Kier alpha value is -0.870. The van der Waals surface area contributed by atoms with Crippen molar-refractivity contribution in [3.05, 3.63) is 17.8 Å². The van der Waals surface area contributed by atoms with Gasteiger partial charge in [-0.1, -0.05) is 0 Å². The highest BCUT2D eigenvalue weighted by Crippen LogP contribution is 2.20. The second-order valence-electron chi connectivity index (χ2n) is 5.07. The molecular weight excluding hydrogens is 216 g/mol. The molecule has 1 N–H and O–H groups in total. The van der Waals surface area contributed by atoms with E-state index in [2.05, 4.69) is 10.3 Å². The summed E-state index contributed by atoms with van der Waals surface area (Å²) < 4.78 is 11.4. The van der Waals surface area contributed by atoms with Crippen LogP contribution in [0.2, 0.25) is 0 Å². The molecule has 0 aromatic carbocycles. The zero-order valence-corrected chi connectivity index (χ0v) is 10.2. The fourth-order valence-corrected chi connectivity index (χ4v) is 2.24. The van der Waals surface area contributed by atoms with Crippen molar-refractivity contribution >= 4 is 0 Å². The molecule has 1 saturated heterocycles. The van der Waals surface area contributed by atoms with Crippen molar-refractivity contribution in [2.45, 2.75) is 57.2 Å². The van der Waals surface area contributed by atoms with Gasteiger partial charge in [0, 0.05) is 19.1 Å². The minimum Gasteiger partial charge on any atom is -0.444 e. The molecule has 0 spiro atoms. The van der Waals surface area contributed by atoms with Crippen LogP contribution in [0, 0.1) is 0 Å². The molecule has 3 rings (SSSR count). The van der Waals surface area contributed by atoms with Crippen LogP contribution in [0.4, 0.5) is 0 Å². The Bertz CT molecular complexity index is 354. The summed E-state index contributed by atoms with van der Waals surface area (Å²) in [6.45, 7) is 1.66. The van der Waals surface area contributed by atoms with Gasteiger partial charge in [-0.2, -0.15) is 0 Å². The highest BCUT2D eigenvalue weighted by atomic mass is 16.5. The molecule has 2 heterocycles. The zero-order valence-electron chi connectivity index (χ0n) is 10.2. The monoisotopic (exact) mass is 236 g/mol. The number of ether oxygens (including phenoxy) is 1. The summed E-state index contributed by atoms with van der Waals surface area (Å²) in [5.41, 5.74) is 0. The van der Waals surface area contributed by atoms with Gasteiger partial charge in [0.2, 0.25) is 5.89 Å². The first-order valence-corrected chi connectivity index (χ1v) is 6.69. The molecule has 1 aromatic heterocycles. The molecule has 1 atom stereocenters. The smallest absolute Gasteiger partial charge is 0.208 e.